The second kappa shape index (κ2) is 6.22. The SMILES string of the molecule is CCCCCCCn1c(=O)cc[nH]c1=O. The maximum atomic E-state index is 11.3. The molecule has 84 valence electrons. The number of unbranched alkanes of at least 4 members (excludes halogenated alkanes) is 4. The molecular weight excluding hydrogens is 192 g/mol. The minimum absolute atomic E-state index is 0.214. The van der Waals surface area contributed by atoms with Crippen LogP contribution in [0.3, 0.4) is 0 Å². The zero-order valence-electron chi connectivity index (χ0n) is 9.16. The lowest BCUT2D eigenvalue weighted by molar-refractivity contribution is 0.541. The molecule has 1 aromatic rings. The number of hydrogen-bond acceptors (Lipinski definition) is 2. The van der Waals surface area contributed by atoms with Crippen LogP contribution in [-0.4, -0.2) is 9.55 Å². The van der Waals surface area contributed by atoms with Crippen LogP contribution < -0.4 is 11.2 Å². The highest BCUT2D eigenvalue weighted by Crippen LogP contribution is 2.02. The van der Waals surface area contributed by atoms with E-state index < -0.39 is 0 Å². The molecule has 0 aliphatic rings. The van der Waals surface area contributed by atoms with E-state index in [4.69, 9.17) is 0 Å². The lowest BCUT2D eigenvalue weighted by Crippen LogP contribution is -2.33. The highest BCUT2D eigenvalue weighted by atomic mass is 16.2. The molecule has 0 saturated heterocycles. The van der Waals surface area contributed by atoms with Gasteiger partial charge in [0.1, 0.15) is 0 Å². The predicted molar refractivity (Wildman–Crippen MR) is 60.1 cm³/mol. The molecule has 0 saturated carbocycles. The molecule has 1 rings (SSSR count). The molecule has 0 fully saturated rings. The zero-order valence-corrected chi connectivity index (χ0v) is 9.16. The third-order valence-electron chi connectivity index (χ3n) is 2.43. The van der Waals surface area contributed by atoms with Gasteiger partial charge in [-0.2, -0.15) is 0 Å². The predicted octanol–water partition coefficient (Wildman–Crippen LogP) is 1.51. The lowest BCUT2D eigenvalue weighted by Gasteiger charge is -2.02. The highest BCUT2D eigenvalue weighted by molar-refractivity contribution is 4.82. The molecule has 0 aliphatic carbocycles. The number of aromatic amines is 1. The fourth-order valence-corrected chi connectivity index (χ4v) is 1.54. The summed E-state index contributed by atoms with van der Waals surface area (Å²) in [6.07, 6.45) is 6.96. The van der Waals surface area contributed by atoms with Gasteiger partial charge in [0.05, 0.1) is 0 Å². The molecule has 4 nitrogen and oxygen atoms in total. The highest BCUT2D eigenvalue weighted by Gasteiger charge is 1.98. The first kappa shape index (κ1) is 11.8. The molecule has 0 radical (unpaired) electrons. The Morgan fingerprint density at radius 2 is 1.93 bits per heavy atom. The van der Waals surface area contributed by atoms with E-state index in [1.807, 2.05) is 0 Å². The minimum Gasteiger partial charge on any atom is -0.314 e. The fourth-order valence-electron chi connectivity index (χ4n) is 1.54. The van der Waals surface area contributed by atoms with Crippen molar-refractivity contribution in [3.63, 3.8) is 0 Å². The summed E-state index contributed by atoms with van der Waals surface area (Å²) in [7, 11) is 0. The summed E-state index contributed by atoms with van der Waals surface area (Å²) in [5.74, 6) is 0. The number of hydrogen-bond donors (Lipinski definition) is 1. The first-order valence-corrected chi connectivity index (χ1v) is 5.54. The van der Waals surface area contributed by atoms with Crippen molar-refractivity contribution >= 4 is 0 Å². The van der Waals surface area contributed by atoms with Crippen LogP contribution in [0.4, 0.5) is 0 Å². The molecule has 0 bridgehead atoms. The Balaban J connectivity index is 2.44. The summed E-state index contributed by atoms with van der Waals surface area (Å²) in [5.41, 5.74) is -0.521. The Labute approximate surface area is 89.0 Å². The van der Waals surface area contributed by atoms with Gasteiger partial charge in [0, 0.05) is 18.8 Å². The van der Waals surface area contributed by atoms with Crippen molar-refractivity contribution < 1.29 is 0 Å². The minimum atomic E-state index is -0.307. The maximum absolute atomic E-state index is 11.3. The molecule has 1 heterocycles. The van der Waals surface area contributed by atoms with Crippen LogP contribution in [0.15, 0.2) is 21.9 Å². The normalized spacial score (nSPS) is 10.5. The van der Waals surface area contributed by atoms with E-state index in [9.17, 15) is 9.59 Å². The monoisotopic (exact) mass is 210 g/mol. The maximum Gasteiger partial charge on any atom is 0.328 e. The van der Waals surface area contributed by atoms with E-state index in [-0.39, 0.29) is 11.2 Å². The zero-order chi connectivity index (χ0) is 11.1. The number of nitrogens with one attached hydrogen (secondary N) is 1. The average molecular weight is 210 g/mol. The topological polar surface area (TPSA) is 54.9 Å². The van der Waals surface area contributed by atoms with Crippen LogP contribution in [0, 0.1) is 0 Å². The van der Waals surface area contributed by atoms with Gasteiger partial charge in [-0.3, -0.25) is 9.36 Å². The van der Waals surface area contributed by atoms with Gasteiger partial charge in [0.25, 0.3) is 5.56 Å². The summed E-state index contributed by atoms with van der Waals surface area (Å²) in [6.45, 7) is 2.69. The van der Waals surface area contributed by atoms with Crippen LogP contribution in [0.5, 0.6) is 0 Å². The number of nitrogens with zero attached hydrogens (tertiary/aromatic N) is 1. The third-order valence-corrected chi connectivity index (χ3v) is 2.43. The molecule has 1 N–H and O–H groups in total. The summed E-state index contributed by atoms with van der Waals surface area (Å²) in [5, 5.41) is 0. The van der Waals surface area contributed by atoms with Crippen molar-refractivity contribution in [3.8, 4) is 0 Å². The Morgan fingerprint density at radius 3 is 2.60 bits per heavy atom. The molecule has 0 amide bonds. The first-order chi connectivity index (χ1) is 7.25. The van der Waals surface area contributed by atoms with Crippen LogP contribution in [0.25, 0.3) is 0 Å². The Kier molecular flexibility index (Phi) is 4.87. The van der Waals surface area contributed by atoms with Crippen LogP contribution in [0.2, 0.25) is 0 Å². The number of rotatable bonds is 6. The van der Waals surface area contributed by atoms with E-state index in [1.165, 1.54) is 36.1 Å². The molecular formula is C11H18N2O2. The standard InChI is InChI=1S/C11H18N2O2/c1-2-3-4-5-6-9-13-10(14)7-8-12-11(13)15/h7-8H,2-6,9H2,1H3,(H,12,15). The summed E-state index contributed by atoms with van der Waals surface area (Å²) in [6, 6.07) is 1.38. The lowest BCUT2D eigenvalue weighted by atomic mass is 10.1. The molecule has 0 unspecified atom stereocenters. The van der Waals surface area contributed by atoms with Crippen molar-refractivity contribution in [2.45, 2.75) is 45.6 Å². The second-order valence-electron chi connectivity index (χ2n) is 3.69. The summed E-state index contributed by atoms with van der Waals surface area (Å²) in [4.78, 5) is 25.1. The fraction of sp³-hybridized carbons (Fsp3) is 0.636. The van der Waals surface area contributed by atoms with Gasteiger partial charge in [-0.25, -0.2) is 4.79 Å². The van der Waals surface area contributed by atoms with Gasteiger partial charge in [0.2, 0.25) is 0 Å². The van der Waals surface area contributed by atoms with E-state index >= 15 is 0 Å². The smallest absolute Gasteiger partial charge is 0.314 e. The van der Waals surface area contributed by atoms with E-state index in [2.05, 4.69) is 11.9 Å². The van der Waals surface area contributed by atoms with Gasteiger partial charge >= 0.3 is 5.69 Å². The number of H-pyrrole nitrogens is 1. The summed E-state index contributed by atoms with van der Waals surface area (Å²) >= 11 is 0. The Morgan fingerprint density at radius 1 is 1.20 bits per heavy atom. The first-order valence-electron chi connectivity index (χ1n) is 5.54. The Bertz CT molecular complexity index is 364. The Hall–Kier alpha value is -1.32. The van der Waals surface area contributed by atoms with Crippen molar-refractivity contribution in [1.29, 1.82) is 0 Å². The number of aromatic nitrogens is 2. The third kappa shape index (κ3) is 3.73. The van der Waals surface area contributed by atoms with Gasteiger partial charge in [-0.15, -0.1) is 0 Å². The van der Waals surface area contributed by atoms with Gasteiger partial charge in [-0.05, 0) is 6.42 Å². The molecule has 15 heavy (non-hydrogen) atoms. The van der Waals surface area contributed by atoms with Crippen molar-refractivity contribution in [1.82, 2.24) is 9.55 Å². The molecule has 0 spiro atoms. The largest absolute Gasteiger partial charge is 0.328 e. The summed E-state index contributed by atoms with van der Waals surface area (Å²) < 4.78 is 1.26. The molecule has 4 heteroatoms. The van der Waals surface area contributed by atoms with Crippen LogP contribution >= 0.6 is 0 Å². The van der Waals surface area contributed by atoms with Gasteiger partial charge in [0.15, 0.2) is 0 Å². The average Bonchev–Trinajstić information content (AvgIpc) is 2.21. The molecule has 1 aromatic heterocycles. The van der Waals surface area contributed by atoms with Crippen molar-refractivity contribution in [2.24, 2.45) is 0 Å². The molecule has 0 aromatic carbocycles. The second-order valence-corrected chi connectivity index (χ2v) is 3.69. The van der Waals surface area contributed by atoms with Crippen molar-refractivity contribution in [2.75, 3.05) is 0 Å². The van der Waals surface area contributed by atoms with E-state index in [1.54, 1.807) is 0 Å². The van der Waals surface area contributed by atoms with E-state index in [0.717, 1.165) is 12.8 Å². The molecule has 0 atom stereocenters. The van der Waals surface area contributed by atoms with Crippen LogP contribution in [0.1, 0.15) is 39.0 Å². The quantitative estimate of drug-likeness (QED) is 0.723. The molecule has 0 aliphatic heterocycles. The van der Waals surface area contributed by atoms with Crippen LogP contribution in [-0.2, 0) is 6.54 Å². The van der Waals surface area contributed by atoms with Gasteiger partial charge < -0.3 is 4.98 Å². The van der Waals surface area contributed by atoms with Crippen molar-refractivity contribution in [3.05, 3.63) is 33.1 Å². The van der Waals surface area contributed by atoms with E-state index in [0.29, 0.717) is 6.54 Å². The van der Waals surface area contributed by atoms with Gasteiger partial charge in [-0.1, -0.05) is 32.6 Å².